The molecule has 0 aliphatic carbocycles. The molecule has 2 N–H and O–H groups in total. The van der Waals surface area contributed by atoms with Gasteiger partial charge < -0.3 is 10.6 Å². The molecule has 0 bridgehead atoms. The van der Waals surface area contributed by atoms with Crippen molar-refractivity contribution in [2.75, 3.05) is 26.2 Å². The van der Waals surface area contributed by atoms with Crippen molar-refractivity contribution < 1.29 is 0 Å². The van der Waals surface area contributed by atoms with Gasteiger partial charge in [0.1, 0.15) is 0 Å². The second-order valence-electron chi connectivity index (χ2n) is 5.76. The molecule has 0 saturated carbocycles. The number of benzene rings is 1. The third-order valence-electron chi connectivity index (χ3n) is 4.45. The van der Waals surface area contributed by atoms with Crippen molar-refractivity contribution in [1.29, 1.82) is 0 Å². The number of hydrogen-bond donors (Lipinski definition) is 2. The van der Waals surface area contributed by atoms with E-state index in [0.717, 1.165) is 24.9 Å². The molecule has 2 aliphatic rings. The smallest absolute Gasteiger partial charge is 0.00201 e. The average molecular weight is 244 g/mol. The Bertz CT molecular complexity index is 343. The number of piperidine rings is 2. The van der Waals surface area contributed by atoms with E-state index in [0.29, 0.717) is 0 Å². The van der Waals surface area contributed by atoms with E-state index >= 15 is 0 Å². The first-order valence-electron chi connectivity index (χ1n) is 7.45. The zero-order valence-electron chi connectivity index (χ0n) is 11.1. The van der Waals surface area contributed by atoms with Crippen LogP contribution in [0.4, 0.5) is 0 Å². The lowest BCUT2D eigenvalue weighted by Gasteiger charge is -2.26. The summed E-state index contributed by atoms with van der Waals surface area (Å²) in [6.07, 6.45) is 5.33. The summed E-state index contributed by atoms with van der Waals surface area (Å²) in [5.74, 6) is 1.46. The van der Waals surface area contributed by atoms with E-state index in [1.165, 1.54) is 38.8 Å². The van der Waals surface area contributed by atoms with E-state index < -0.39 is 0 Å². The Kier molecular flexibility index (Phi) is 3.96. The van der Waals surface area contributed by atoms with Crippen molar-refractivity contribution in [3.8, 4) is 0 Å². The van der Waals surface area contributed by atoms with Crippen molar-refractivity contribution >= 4 is 0 Å². The van der Waals surface area contributed by atoms with Gasteiger partial charge in [0.15, 0.2) is 0 Å². The van der Waals surface area contributed by atoms with Gasteiger partial charge in [0.2, 0.25) is 0 Å². The first-order valence-corrected chi connectivity index (χ1v) is 7.45. The van der Waals surface area contributed by atoms with Crippen LogP contribution in [-0.4, -0.2) is 26.2 Å². The predicted octanol–water partition coefficient (Wildman–Crippen LogP) is 2.62. The minimum atomic E-state index is 0.732. The van der Waals surface area contributed by atoms with Crippen LogP contribution in [-0.2, 0) is 0 Å². The van der Waals surface area contributed by atoms with Crippen molar-refractivity contribution in [1.82, 2.24) is 10.6 Å². The quantitative estimate of drug-likeness (QED) is 0.835. The minimum absolute atomic E-state index is 0.732. The Morgan fingerprint density at radius 1 is 0.833 bits per heavy atom. The van der Waals surface area contributed by atoms with Gasteiger partial charge in [0.25, 0.3) is 0 Å². The van der Waals surface area contributed by atoms with E-state index in [1.807, 2.05) is 0 Å². The lowest BCUT2D eigenvalue weighted by atomic mass is 9.86. The summed E-state index contributed by atoms with van der Waals surface area (Å²) in [6, 6.07) is 9.36. The summed E-state index contributed by atoms with van der Waals surface area (Å²) < 4.78 is 0. The molecule has 0 radical (unpaired) electrons. The molecule has 18 heavy (non-hydrogen) atoms. The molecule has 2 nitrogen and oxygen atoms in total. The molecule has 2 heteroatoms. The first kappa shape index (κ1) is 12.2. The molecule has 0 aromatic heterocycles. The van der Waals surface area contributed by atoms with Gasteiger partial charge in [0, 0.05) is 13.1 Å². The molecule has 1 aromatic carbocycles. The highest BCUT2D eigenvalue weighted by Gasteiger charge is 2.18. The van der Waals surface area contributed by atoms with Crippen LogP contribution >= 0.6 is 0 Å². The van der Waals surface area contributed by atoms with Crippen LogP contribution in [0, 0.1) is 0 Å². The van der Waals surface area contributed by atoms with E-state index in [1.54, 1.807) is 11.1 Å². The Balaban J connectivity index is 1.75. The number of hydrogen-bond acceptors (Lipinski definition) is 2. The maximum absolute atomic E-state index is 3.52. The second-order valence-corrected chi connectivity index (χ2v) is 5.76. The van der Waals surface area contributed by atoms with Crippen molar-refractivity contribution in [3.63, 3.8) is 0 Å². The molecule has 0 spiro atoms. The van der Waals surface area contributed by atoms with Crippen LogP contribution in [0.1, 0.15) is 48.6 Å². The third kappa shape index (κ3) is 2.76. The average Bonchev–Trinajstić information content (AvgIpc) is 2.49. The van der Waals surface area contributed by atoms with Crippen LogP contribution < -0.4 is 10.6 Å². The van der Waals surface area contributed by atoms with Crippen molar-refractivity contribution in [2.24, 2.45) is 0 Å². The maximum Gasteiger partial charge on any atom is 0.00201 e. The van der Waals surface area contributed by atoms with Gasteiger partial charge in [-0.25, -0.2) is 0 Å². The third-order valence-corrected chi connectivity index (χ3v) is 4.45. The topological polar surface area (TPSA) is 24.1 Å². The van der Waals surface area contributed by atoms with Gasteiger partial charge in [-0.05, 0) is 61.7 Å². The molecule has 3 rings (SSSR count). The highest BCUT2D eigenvalue weighted by Crippen LogP contribution is 2.28. The van der Waals surface area contributed by atoms with E-state index in [4.69, 9.17) is 0 Å². The highest BCUT2D eigenvalue weighted by atomic mass is 14.9. The molecular weight excluding hydrogens is 220 g/mol. The Morgan fingerprint density at radius 3 is 1.83 bits per heavy atom. The van der Waals surface area contributed by atoms with Gasteiger partial charge in [0.05, 0.1) is 0 Å². The summed E-state index contributed by atoms with van der Waals surface area (Å²) >= 11 is 0. The van der Waals surface area contributed by atoms with E-state index in [9.17, 15) is 0 Å². The molecule has 2 aliphatic heterocycles. The Hall–Kier alpha value is -0.860. The standard InChI is InChI=1S/C16H24N2/c1-4-13(15-6-2-8-17-11-15)10-14(5-1)16-7-3-9-18-12-16/h1,4-5,10,15-18H,2-3,6-9,11-12H2. The largest absolute Gasteiger partial charge is 0.316 e. The summed E-state index contributed by atoms with van der Waals surface area (Å²) in [4.78, 5) is 0. The van der Waals surface area contributed by atoms with Crippen LogP contribution in [0.5, 0.6) is 0 Å². The minimum Gasteiger partial charge on any atom is -0.316 e. The zero-order chi connectivity index (χ0) is 12.2. The first-order chi connectivity index (χ1) is 8.93. The van der Waals surface area contributed by atoms with Gasteiger partial charge in [-0.3, -0.25) is 0 Å². The Labute approximate surface area is 110 Å². The lowest BCUT2D eigenvalue weighted by Crippen LogP contribution is -2.29. The molecule has 2 saturated heterocycles. The van der Waals surface area contributed by atoms with Crippen LogP contribution in [0.25, 0.3) is 0 Å². The van der Waals surface area contributed by atoms with Crippen molar-refractivity contribution in [3.05, 3.63) is 35.4 Å². The molecule has 2 fully saturated rings. The maximum atomic E-state index is 3.52. The fraction of sp³-hybridized carbons (Fsp3) is 0.625. The number of rotatable bonds is 2. The zero-order valence-corrected chi connectivity index (χ0v) is 11.1. The van der Waals surface area contributed by atoms with Crippen LogP contribution in [0.2, 0.25) is 0 Å². The lowest BCUT2D eigenvalue weighted by molar-refractivity contribution is 0.453. The Morgan fingerprint density at radius 2 is 1.39 bits per heavy atom. The van der Waals surface area contributed by atoms with Gasteiger partial charge in [-0.1, -0.05) is 24.3 Å². The molecule has 1 aromatic rings. The fourth-order valence-electron chi connectivity index (χ4n) is 3.34. The fourth-order valence-corrected chi connectivity index (χ4v) is 3.34. The monoisotopic (exact) mass is 244 g/mol. The summed E-state index contributed by atoms with van der Waals surface area (Å²) in [6.45, 7) is 4.71. The van der Waals surface area contributed by atoms with Crippen LogP contribution in [0.15, 0.2) is 24.3 Å². The predicted molar refractivity (Wildman–Crippen MR) is 76.1 cm³/mol. The van der Waals surface area contributed by atoms with Gasteiger partial charge >= 0.3 is 0 Å². The van der Waals surface area contributed by atoms with E-state index in [2.05, 4.69) is 34.9 Å². The van der Waals surface area contributed by atoms with Crippen molar-refractivity contribution in [2.45, 2.75) is 37.5 Å². The summed E-state index contributed by atoms with van der Waals surface area (Å²) in [5.41, 5.74) is 3.09. The summed E-state index contributed by atoms with van der Waals surface area (Å²) in [5, 5.41) is 7.04. The van der Waals surface area contributed by atoms with Gasteiger partial charge in [-0.15, -0.1) is 0 Å². The second kappa shape index (κ2) is 5.85. The molecular formula is C16H24N2. The molecule has 0 amide bonds. The number of nitrogens with one attached hydrogen (secondary N) is 2. The summed E-state index contributed by atoms with van der Waals surface area (Å²) in [7, 11) is 0. The molecule has 2 heterocycles. The molecule has 2 unspecified atom stereocenters. The molecule has 2 atom stereocenters. The van der Waals surface area contributed by atoms with Crippen LogP contribution in [0.3, 0.4) is 0 Å². The normalized spacial score (nSPS) is 29.1. The SMILES string of the molecule is c1cc(C2CCCNC2)cc(C2CCCNC2)c1. The van der Waals surface area contributed by atoms with Gasteiger partial charge in [-0.2, -0.15) is 0 Å². The highest BCUT2D eigenvalue weighted by molar-refractivity contribution is 5.30. The van der Waals surface area contributed by atoms with E-state index in [-0.39, 0.29) is 0 Å². The molecule has 98 valence electrons.